The first kappa shape index (κ1) is 35.9. The van der Waals surface area contributed by atoms with Gasteiger partial charge in [-0.3, -0.25) is 0 Å². The van der Waals surface area contributed by atoms with E-state index in [0.717, 1.165) is 44.7 Å². The Labute approximate surface area is 324 Å². The van der Waals surface area contributed by atoms with Crippen LogP contribution < -0.4 is 10.2 Å². The summed E-state index contributed by atoms with van der Waals surface area (Å²) in [4.78, 5) is 16.8. The molecule has 0 atom stereocenters. The number of anilines is 5. The summed E-state index contributed by atoms with van der Waals surface area (Å²) >= 11 is 0. The Morgan fingerprint density at radius 3 is 1.93 bits per heavy atom. The Bertz CT molecular complexity index is 2760. The van der Waals surface area contributed by atoms with Gasteiger partial charge in [0, 0.05) is 11.1 Å². The van der Waals surface area contributed by atoms with E-state index in [-0.39, 0.29) is 17.4 Å². The number of nitriles is 1. The van der Waals surface area contributed by atoms with Gasteiger partial charge in [-0.25, -0.2) is 9.88 Å². The highest BCUT2D eigenvalue weighted by Gasteiger charge is 2.30. The van der Waals surface area contributed by atoms with E-state index in [9.17, 15) is 5.26 Å². The summed E-state index contributed by atoms with van der Waals surface area (Å²) < 4.78 is 14.0. The zero-order valence-electron chi connectivity index (χ0n) is 32.5. The van der Waals surface area contributed by atoms with E-state index in [1.54, 1.807) is 0 Å². The van der Waals surface area contributed by atoms with Gasteiger partial charge in [-0.05, 0) is 92.8 Å². The summed E-state index contributed by atoms with van der Waals surface area (Å²) in [5.41, 5.74) is 10.0. The summed E-state index contributed by atoms with van der Waals surface area (Å²) in [5.74, 6) is 1.19. The van der Waals surface area contributed by atoms with Crippen LogP contribution in [-0.4, -0.2) is 24.7 Å². The number of aromatic nitrogens is 5. The van der Waals surface area contributed by atoms with Crippen LogP contribution in [0, 0.1) is 45.9 Å². The summed E-state index contributed by atoms with van der Waals surface area (Å²) in [6, 6.07) is 32.2. The Morgan fingerprint density at radius 2 is 1.32 bits per heavy atom. The third-order valence-corrected chi connectivity index (χ3v) is 9.65. The molecule has 0 amide bonds. The molecule has 0 unspecified atom stereocenters. The molecule has 12 nitrogen and oxygen atoms in total. The van der Waals surface area contributed by atoms with Crippen molar-refractivity contribution < 1.29 is 8.83 Å². The third kappa shape index (κ3) is 6.43. The fourth-order valence-electron chi connectivity index (χ4n) is 6.84. The predicted octanol–water partition coefficient (Wildman–Crippen LogP) is 11.9. The normalized spacial score (nSPS) is 11.8. The first-order valence-electron chi connectivity index (χ1n) is 18.3. The van der Waals surface area contributed by atoms with Gasteiger partial charge in [0.2, 0.25) is 5.82 Å². The fourth-order valence-corrected chi connectivity index (χ4v) is 6.84. The molecule has 0 aliphatic rings. The van der Waals surface area contributed by atoms with Gasteiger partial charge in [-0.2, -0.15) is 25.0 Å². The topological polar surface area (TPSA) is 147 Å². The highest BCUT2D eigenvalue weighted by molar-refractivity contribution is 5.83. The molecular weight excluding hydrogens is 701 g/mol. The van der Waals surface area contributed by atoms with Crippen molar-refractivity contribution in [3.63, 3.8) is 0 Å². The lowest BCUT2D eigenvalue weighted by atomic mass is 9.90. The van der Waals surface area contributed by atoms with Crippen molar-refractivity contribution in [2.75, 3.05) is 10.2 Å². The van der Waals surface area contributed by atoms with Crippen LogP contribution in [0.4, 0.5) is 40.5 Å². The van der Waals surface area contributed by atoms with Crippen molar-refractivity contribution in [1.29, 1.82) is 5.26 Å². The van der Waals surface area contributed by atoms with Crippen LogP contribution in [0.1, 0.15) is 59.8 Å². The smallest absolute Gasteiger partial charge is 0.325 e. The van der Waals surface area contributed by atoms with Crippen LogP contribution in [0.15, 0.2) is 110 Å². The standard InChI is InChI=1S/C44H40N10O2/c1-25-15-13-16-26(2)36(25)49-40-37(50-51-41-30(24-45)39(44(6,7)8)52-54(41)43-47-32-20-10-12-22-34(32)56-43)29(5)23-35(48-40)53(38-27(3)17-14-18-28(38)4)42-46-31-19-9-11-21-33(31)55-42/h9-23H,1-8H3,(H,48,49). The lowest BCUT2D eigenvalue weighted by Crippen LogP contribution is -2.15. The molecule has 278 valence electrons. The highest BCUT2D eigenvalue weighted by Crippen LogP contribution is 2.43. The largest absolute Gasteiger partial charge is 0.423 e. The molecule has 0 saturated heterocycles. The molecule has 0 spiro atoms. The van der Waals surface area contributed by atoms with Crippen LogP contribution in [-0.2, 0) is 5.41 Å². The number of hydrogen-bond acceptors (Lipinski definition) is 11. The Kier molecular flexibility index (Phi) is 8.93. The van der Waals surface area contributed by atoms with Crippen molar-refractivity contribution in [3.8, 4) is 12.1 Å². The van der Waals surface area contributed by atoms with E-state index in [1.807, 2.05) is 125 Å². The molecule has 8 rings (SSSR count). The second kappa shape index (κ2) is 13.9. The number of hydrogen-bond donors (Lipinski definition) is 1. The maximum atomic E-state index is 10.5. The van der Waals surface area contributed by atoms with Crippen LogP contribution in [0.25, 0.3) is 28.2 Å². The summed E-state index contributed by atoms with van der Waals surface area (Å²) in [5, 5.41) is 28.6. The number of nitrogens with zero attached hydrogens (tertiary/aromatic N) is 9. The molecule has 4 aromatic heterocycles. The number of fused-ring (bicyclic) bond motifs is 2. The zero-order valence-corrected chi connectivity index (χ0v) is 32.5. The number of pyridine rings is 1. The molecule has 4 heterocycles. The van der Waals surface area contributed by atoms with Crippen LogP contribution >= 0.6 is 0 Å². The molecule has 8 aromatic rings. The number of para-hydroxylation sites is 6. The molecule has 1 N–H and O–H groups in total. The molecule has 0 aliphatic heterocycles. The molecule has 4 aromatic carbocycles. The Hall–Kier alpha value is -7.13. The van der Waals surface area contributed by atoms with Crippen LogP contribution in [0.3, 0.4) is 0 Å². The maximum absolute atomic E-state index is 10.5. The van der Waals surface area contributed by atoms with E-state index in [4.69, 9.17) is 34.1 Å². The number of oxazole rings is 2. The first-order chi connectivity index (χ1) is 26.9. The number of rotatable bonds is 8. The van der Waals surface area contributed by atoms with E-state index >= 15 is 0 Å². The Balaban J connectivity index is 1.35. The van der Waals surface area contributed by atoms with Gasteiger partial charge in [-0.15, -0.1) is 10.2 Å². The molecule has 0 bridgehead atoms. The number of azo groups is 1. The van der Waals surface area contributed by atoms with Crippen molar-refractivity contribution in [3.05, 3.63) is 130 Å². The van der Waals surface area contributed by atoms with E-state index in [1.165, 1.54) is 4.68 Å². The lowest BCUT2D eigenvalue weighted by molar-refractivity contribution is 0.520. The van der Waals surface area contributed by atoms with Crippen molar-refractivity contribution in [2.45, 2.75) is 60.8 Å². The van der Waals surface area contributed by atoms with Crippen LogP contribution in [0.5, 0.6) is 0 Å². The second-order valence-electron chi connectivity index (χ2n) is 14.9. The fraction of sp³-hybridized carbons (Fsp3) is 0.205. The van der Waals surface area contributed by atoms with Gasteiger partial charge in [-0.1, -0.05) is 81.4 Å². The lowest BCUT2D eigenvalue weighted by Gasteiger charge is -2.25. The summed E-state index contributed by atoms with van der Waals surface area (Å²) in [6.07, 6.45) is 0. The summed E-state index contributed by atoms with van der Waals surface area (Å²) in [7, 11) is 0. The molecule has 0 saturated carbocycles. The molecule has 12 heteroatoms. The average molecular weight is 741 g/mol. The van der Waals surface area contributed by atoms with Crippen molar-refractivity contribution >= 4 is 62.7 Å². The van der Waals surface area contributed by atoms with E-state index < -0.39 is 5.41 Å². The molecule has 0 radical (unpaired) electrons. The number of benzene rings is 4. The Morgan fingerprint density at radius 1 is 0.714 bits per heavy atom. The molecule has 0 fully saturated rings. The molecular formula is C44H40N10O2. The second-order valence-corrected chi connectivity index (χ2v) is 14.9. The highest BCUT2D eigenvalue weighted by atomic mass is 16.4. The van der Waals surface area contributed by atoms with Gasteiger partial charge in [0.15, 0.2) is 17.0 Å². The minimum Gasteiger partial charge on any atom is -0.423 e. The quantitative estimate of drug-likeness (QED) is 0.150. The SMILES string of the molecule is Cc1cc(N(c2nc3ccccc3o2)c2c(C)cccc2C)nc(Nc2c(C)cccc2C)c1N=Nc1c(C#N)c(C(C)(C)C)nn1-c1nc2ccccc2o1. The minimum atomic E-state index is -0.497. The number of nitrogens with one attached hydrogen (secondary N) is 1. The molecule has 56 heavy (non-hydrogen) atoms. The van der Waals surface area contributed by atoms with Gasteiger partial charge >= 0.3 is 12.0 Å². The first-order valence-corrected chi connectivity index (χ1v) is 18.3. The minimum absolute atomic E-state index is 0.175. The van der Waals surface area contributed by atoms with E-state index in [0.29, 0.717) is 45.7 Å². The summed E-state index contributed by atoms with van der Waals surface area (Å²) in [6.45, 7) is 16.1. The number of aryl methyl sites for hydroxylation is 5. The van der Waals surface area contributed by atoms with Gasteiger partial charge in [0.25, 0.3) is 0 Å². The molecule has 0 aliphatic carbocycles. The van der Waals surface area contributed by atoms with Crippen molar-refractivity contribution in [1.82, 2.24) is 24.7 Å². The van der Waals surface area contributed by atoms with Crippen molar-refractivity contribution in [2.24, 2.45) is 10.2 Å². The third-order valence-electron chi connectivity index (χ3n) is 9.65. The van der Waals surface area contributed by atoms with Gasteiger partial charge < -0.3 is 14.2 Å². The average Bonchev–Trinajstić information content (AvgIpc) is 3.89. The van der Waals surface area contributed by atoms with Gasteiger partial charge in [0.1, 0.15) is 34.2 Å². The zero-order chi connectivity index (χ0) is 39.3. The predicted molar refractivity (Wildman–Crippen MR) is 219 cm³/mol. The van der Waals surface area contributed by atoms with Crippen LogP contribution in [0.2, 0.25) is 0 Å². The van der Waals surface area contributed by atoms with Gasteiger partial charge in [0.05, 0.1) is 11.4 Å². The van der Waals surface area contributed by atoms with E-state index in [2.05, 4.69) is 42.4 Å². The maximum Gasteiger partial charge on any atom is 0.325 e. The monoisotopic (exact) mass is 740 g/mol.